The Morgan fingerprint density at radius 2 is 1.32 bits per heavy atom. The second-order valence-corrected chi connectivity index (χ2v) is 6.84. The minimum absolute atomic E-state index is 0.239. The van der Waals surface area contributed by atoms with E-state index < -0.39 is 0 Å². The molecule has 0 fully saturated rings. The normalized spacial score (nSPS) is 11.3. The molecule has 5 N–H and O–H groups in total. The molecule has 0 radical (unpaired) electrons. The Morgan fingerprint density at radius 3 is 1.94 bits per heavy atom. The molecule has 0 bridgehead atoms. The third-order valence-corrected chi connectivity index (χ3v) is 4.71. The lowest BCUT2D eigenvalue weighted by molar-refractivity contribution is 0.652. The number of nitrogens with zero attached hydrogens (tertiary/aromatic N) is 7. The lowest BCUT2D eigenvalue weighted by Crippen LogP contribution is -2.10. The third kappa shape index (κ3) is 4.82. The van der Waals surface area contributed by atoms with Crippen LogP contribution in [-0.4, -0.2) is 36.3 Å². The van der Waals surface area contributed by atoms with Crippen molar-refractivity contribution in [1.82, 2.24) is 30.0 Å². The molecule has 4 aromatic rings. The van der Waals surface area contributed by atoms with Crippen molar-refractivity contribution < 1.29 is 0 Å². The van der Waals surface area contributed by atoms with Gasteiger partial charge in [-0.05, 0) is 11.1 Å². The fourth-order valence-electron chi connectivity index (χ4n) is 3.15. The van der Waals surface area contributed by atoms with Gasteiger partial charge in [-0.3, -0.25) is 0 Å². The van der Waals surface area contributed by atoms with Crippen LogP contribution >= 0.6 is 0 Å². The summed E-state index contributed by atoms with van der Waals surface area (Å²) in [7, 11) is 0. The summed E-state index contributed by atoms with van der Waals surface area (Å²) >= 11 is 0. The Kier molecular flexibility index (Phi) is 6.41. The smallest absolute Gasteiger partial charge is 0.177 e. The fourth-order valence-corrected chi connectivity index (χ4v) is 3.15. The highest BCUT2D eigenvalue weighted by Gasteiger charge is 2.13. The van der Waals surface area contributed by atoms with Crippen molar-refractivity contribution in [2.45, 2.75) is 26.2 Å². The Labute approximate surface area is 179 Å². The molecule has 10 nitrogen and oxygen atoms in total. The van der Waals surface area contributed by atoms with Crippen LogP contribution in [0.15, 0.2) is 65.7 Å². The molecule has 10 heteroatoms. The van der Waals surface area contributed by atoms with Crippen LogP contribution in [0, 0.1) is 0 Å². The molecule has 0 unspecified atom stereocenters. The first-order chi connectivity index (χ1) is 15.3. The maximum absolute atomic E-state index is 5.84. The van der Waals surface area contributed by atoms with E-state index in [0.717, 1.165) is 11.1 Å². The van der Waals surface area contributed by atoms with Gasteiger partial charge in [-0.1, -0.05) is 71.1 Å². The fraction of sp³-hybridized carbons (Fsp3) is 0.190. The average molecular weight is 416 g/mol. The Hall–Kier alpha value is -3.89. The third-order valence-electron chi connectivity index (χ3n) is 4.71. The predicted octanol–water partition coefficient (Wildman–Crippen LogP) is 1.66. The number of benzene rings is 2. The number of nitrogens with one attached hydrogen (secondary N) is 1. The van der Waals surface area contributed by atoms with Gasteiger partial charge in [0.25, 0.3) is 0 Å². The lowest BCUT2D eigenvalue weighted by atomic mass is 10.2. The molecular formula is C21H24N10. The van der Waals surface area contributed by atoms with Crippen LogP contribution < -0.4 is 16.8 Å². The van der Waals surface area contributed by atoms with Crippen molar-refractivity contribution >= 4 is 18.0 Å². The first kappa shape index (κ1) is 20.4. The van der Waals surface area contributed by atoms with E-state index in [1.54, 1.807) is 15.7 Å². The molecular weight excluding hydrogens is 392 g/mol. The molecule has 0 spiro atoms. The zero-order chi connectivity index (χ0) is 21.5. The molecule has 0 saturated heterocycles. The van der Waals surface area contributed by atoms with Crippen LogP contribution in [0.1, 0.15) is 22.5 Å². The minimum atomic E-state index is 0.239. The maximum Gasteiger partial charge on any atom is 0.177 e. The molecule has 2 aromatic heterocycles. The van der Waals surface area contributed by atoms with E-state index in [4.69, 9.17) is 11.5 Å². The first-order valence-corrected chi connectivity index (χ1v) is 9.90. The Morgan fingerprint density at radius 1 is 0.774 bits per heavy atom. The molecule has 4 rings (SSSR count). The highest BCUT2D eigenvalue weighted by atomic mass is 15.5. The predicted molar refractivity (Wildman–Crippen MR) is 119 cm³/mol. The van der Waals surface area contributed by atoms with Gasteiger partial charge in [-0.15, -0.1) is 10.2 Å². The number of hydrogen-bond donors (Lipinski definition) is 3. The van der Waals surface area contributed by atoms with E-state index in [2.05, 4.69) is 30.9 Å². The summed E-state index contributed by atoms with van der Waals surface area (Å²) in [6.45, 7) is 1.60. The van der Waals surface area contributed by atoms with Gasteiger partial charge < -0.3 is 16.8 Å². The molecule has 2 aromatic carbocycles. The van der Waals surface area contributed by atoms with E-state index in [1.165, 1.54) is 0 Å². The van der Waals surface area contributed by atoms with Gasteiger partial charge in [0.05, 0.1) is 19.4 Å². The zero-order valence-corrected chi connectivity index (χ0v) is 17.0. The molecule has 0 saturated carbocycles. The van der Waals surface area contributed by atoms with Gasteiger partial charge in [0.1, 0.15) is 11.4 Å². The van der Waals surface area contributed by atoms with Crippen molar-refractivity contribution in [3.8, 4) is 0 Å². The van der Waals surface area contributed by atoms with E-state index in [-0.39, 0.29) is 13.1 Å². The summed E-state index contributed by atoms with van der Waals surface area (Å²) in [4.78, 5) is 4.54. The van der Waals surface area contributed by atoms with Crippen LogP contribution in [-0.2, 0) is 26.2 Å². The Balaban J connectivity index is 1.55. The van der Waals surface area contributed by atoms with Gasteiger partial charge in [-0.25, -0.2) is 14.4 Å². The molecule has 0 aliphatic rings. The summed E-state index contributed by atoms with van der Waals surface area (Å²) in [5.41, 5.74) is 15.1. The minimum Gasteiger partial charge on any atom is -0.330 e. The monoisotopic (exact) mass is 416 g/mol. The van der Waals surface area contributed by atoms with Gasteiger partial charge in [0.15, 0.2) is 11.6 Å². The van der Waals surface area contributed by atoms with Gasteiger partial charge >= 0.3 is 0 Å². The number of aromatic nitrogens is 6. The molecule has 2 heterocycles. The number of anilines is 1. The SMILES string of the molecule is NCc1nnn(Cc2ccccc2)c1/N=C/Nc1c(CN)nnn1Cc1ccccc1. The highest BCUT2D eigenvalue weighted by molar-refractivity contribution is 5.77. The van der Waals surface area contributed by atoms with Crippen molar-refractivity contribution in [2.75, 3.05) is 5.32 Å². The summed E-state index contributed by atoms with van der Waals surface area (Å²) in [5.74, 6) is 1.28. The second kappa shape index (κ2) is 9.74. The van der Waals surface area contributed by atoms with Gasteiger partial charge in [-0.2, -0.15) is 0 Å². The first-order valence-electron chi connectivity index (χ1n) is 9.90. The van der Waals surface area contributed by atoms with Crippen LogP contribution in [0.2, 0.25) is 0 Å². The molecule has 0 aliphatic carbocycles. The second-order valence-electron chi connectivity index (χ2n) is 6.84. The van der Waals surface area contributed by atoms with E-state index in [0.29, 0.717) is 36.1 Å². The summed E-state index contributed by atoms with van der Waals surface area (Å²) in [6, 6.07) is 20.0. The van der Waals surface area contributed by atoms with Crippen molar-refractivity contribution in [3.63, 3.8) is 0 Å². The topological polar surface area (TPSA) is 138 Å². The van der Waals surface area contributed by atoms with E-state index in [9.17, 15) is 0 Å². The number of nitrogens with two attached hydrogens (primary N) is 2. The number of hydrogen-bond acceptors (Lipinski definition) is 7. The molecule has 158 valence electrons. The summed E-state index contributed by atoms with van der Waals surface area (Å²) < 4.78 is 3.48. The average Bonchev–Trinajstić information content (AvgIpc) is 3.38. The maximum atomic E-state index is 5.84. The highest BCUT2D eigenvalue weighted by Crippen LogP contribution is 2.18. The van der Waals surface area contributed by atoms with Crippen molar-refractivity contribution in [1.29, 1.82) is 0 Å². The lowest BCUT2D eigenvalue weighted by Gasteiger charge is -2.08. The van der Waals surface area contributed by atoms with Crippen LogP contribution in [0.4, 0.5) is 11.6 Å². The van der Waals surface area contributed by atoms with Crippen LogP contribution in [0.25, 0.3) is 0 Å². The molecule has 0 atom stereocenters. The quantitative estimate of drug-likeness (QED) is 0.279. The number of aliphatic imine (C=N–C) groups is 1. The largest absolute Gasteiger partial charge is 0.330 e. The van der Waals surface area contributed by atoms with E-state index in [1.807, 2.05) is 60.7 Å². The van der Waals surface area contributed by atoms with Gasteiger partial charge in [0.2, 0.25) is 0 Å². The molecule has 31 heavy (non-hydrogen) atoms. The molecule has 0 amide bonds. The molecule has 0 aliphatic heterocycles. The standard InChI is InChI=1S/C21H24N10/c22-11-18-20(30(28-26-18)13-16-7-3-1-4-8-16)24-15-25-21-19(12-23)27-29-31(21)14-17-9-5-2-6-10-17/h1-10,15H,11-14,22-23H2,(H,24,25). The van der Waals surface area contributed by atoms with Crippen molar-refractivity contribution in [3.05, 3.63) is 83.2 Å². The zero-order valence-electron chi connectivity index (χ0n) is 17.0. The summed E-state index contributed by atoms with van der Waals surface area (Å²) in [6.07, 6.45) is 1.57. The van der Waals surface area contributed by atoms with E-state index >= 15 is 0 Å². The summed E-state index contributed by atoms with van der Waals surface area (Å²) in [5, 5.41) is 19.9. The van der Waals surface area contributed by atoms with Crippen molar-refractivity contribution in [2.24, 2.45) is 16.5 Å². The van der Waals surface area contributed by atoms with Crippen LogP contribution in [0.3, 0.4) is 0 Å². The number of rotatable bonds is 9. The Bertz CT molecular complexity index is 1130. The van der Waals surface area contributed by atoms with Gasteiger partial charge in [0, 0.05) is 13.1 Å². The van der Waals surface area contributed by atoms with Crippen LogP contribution in [0.5, 0.6) is 0 Å².